The summed E-state index contributed by atoms with van der Waals surface area (Å²) in [6.45, 7) is 8.40. The van der Waals surface area contributed by atoms with Crippen LogP contribution in [0.2, 0.25) is 0 Å². The lowest BCUT2D eigenvalue weighted by atomic mass is 9.85. The number of nitrogens with one attached hydrogen (secondary N) is 3. The van der Waals surface area contributed by atoms with Gasteiger partial charge in [-0.25, -0.2) is 0 Å². The normalized spacial score (nSPS) is 23.1. The number of carbonyl (C=O) groups excluding carboxylic acids is 1. The van der Waals surface area contributed by atoms with E-state index in [0.717, 1.165) is 73.8 Å². The van der Waals surface area contributed by atoms with Gasteiger partial charge in [-0.1, -0.05) is 32.6 Å². The number of hydrogen-bond donors (Lipinski definition) is 5. The first kappa shape index (κ1) is 29.5. The first-order valence-electron chi connectivity index (χ1n) is 15.1. The van der Waals surface area contributed by atoms with E-state index in [1.54, 1.807) is 10.6 Å². The first-order valence-corrected chi connectivity index (χ1v) is 15.1. The molecule has 0 spiro atoms. The lowest BCUT2D eigenvalue weighted by molar-refractivity contribution is -0.120. The zero-order valence-electron chi connectivity index (χ0n) is 24.6. The monoisotopic (exact) mass is 573 g/mol. The second-order valence-corrected chi connectivity index (χ2v) is 11.8. The van der Waals surface area contributed by atoms with Crippen LogP contribution in [0.4, 0.5) is 17.6 Å². The third-order valence-electron chi connectivity index (χ3n) is 8.30. The summed E-state index contributed by atoms with van der Waals surface area (Å²) in [5.41, 5.74) is 9.39. The van der Waals surface area contributed by atoms with Crippen molar-refractivity contribution in [1.29, 1.82) is 0 Å². The molecule has 0 unspecified atom stereocenters. The van der Waals surface area contributed by atoms with Crippen molar-refractivity contribution >= 4 is 35.0 Å². The van der Waals surface area contributed by atoms with E-state index in [2.05, 4.69) is 46.5 Å². The molecule has 11 nitrogen and oxygen atoms in total. The predicted octanol–water partition coefficient (Wildman–Crippen LogP) is 4.62. The Hall–Kier alpha value is -3.99. The number of amides is 1. The summed E-state index contributed by atoms with van der Waals surface area (Å²) in [4.78, 5) is 27.1. The molecule has 11 heteroatoms. The predicted molar refractivity (Wildman–Crippen MR) is 167 cm³/mol. The van der Waals surface area contributed by atoms with Gasteiger partial charge in [0, 0.05) is 29.8 Å². The number of aliphatic imine (C=N–C) groups is 1. The number of fused-ring (bicyclic) bond motifs is 1. The molecule has 42 heavy (non-hydrogen) atoms. The molecule has 2 saturated carbocycles. The highest BCUT2D eigenvalue weighted by Crippen LogP contribution is 2.28. The van der Waals surface area contributed by atoms with E-state index in [1.807, 2.05) is 30.5 Å². The van der Waals surface area contributed by atoms with Crippen molar-refractivity contribution in [3.05, 3.63) is 54.2 Å². The van der Waals surface area contributed by atoms with Crippen LogP contribution in [0.3, 0.4) is 0 Å². The van der Waals surface area contributed by atoms with Gasteiger partial charge in [-0.2, -0.15) is 19.6 Å². The van der Waals surface area contributed by atoms with Gasteiger partial charge in [0.05, 0.1) is 18.3 Å². The molecule has 2 aliphatic carbocycles. The molecule has 3 aromatic rings. The van der Waals surface area contributed by atoms with Crippen LogP contribution < -0.4 is 21.7 Å². The van der Waals surface area contributed by atoms with E-state index < -0.39 is 0 Å². The summed E-state index contributed by atoms with van der Waals surface area (Å²) in [5, 5.41) is 24.5. The third kappa shape index (κ3) is 7.25. The highest BCUT2D eigenvalue weighted by atomic mass is 16.3. The highest BCUT2D eigenvalue weighted by Gasteiger charge is 2.26. The third-order valence-corrected chi connectivity index (χ3v) is 8.30. The van der Waals surface area contributed by atoms with Crippen molar-refractivity contribution in [3.63, 3.8) is 0 Å². The lowest BCUT2D eigenvalue weighted by Crippen LogP contribution is -2.29. The number of aliphatic hydroxyl groups is 1. The van der Waals surface area contributed by atoms with Crippen molar-refractivity contribution < 1.29 is 9.90 Å². The van der Waals surface area contributed by atoms with E-state index >= 15 is 0 Å². The minimum Gasteiger partial charge on any atom is -0.393 e. The van der Waals surface area contributed by atoms with Crippen molar-refractivity contribution in [2.45, 2.75) is 95.9 Å². The second kappa shape index (κ2) is 13.3. The number of carbonyl (C=O) groups is 1. The molecule has 0 atom stereocenters. The number of amidine groups is 1. The second-order valence-electron chi connectivity index (χ2n) is 11.8. The minimum atomic E-state index is -0.219. The van der Waals surface area contributed by atoms with Gasteiger partial charge in [0.25, 0.3) is 0 Å². The Morgan fingerprint density at radius 3 is 2.64 bits per heavy atom. The van der Waals surface area contributed by atoms with Crippen LogP contribution in [0.25, 0.3) is 5.65 Å². The van der Waals surface area contributed by atoms with E-state index in [0.29, 0.717) is 24.3 Å². The smallest absolute Gasteiger partial charge is 0.229 e. The minimum absolute atomic E-state index is 0.0363. The molecule has 1 amide bonds. The Bertz CT molecular complexity index is 1420. The van der Waals surface area contributed by atoms with Crippen LogP contribution in [0, 0.1) is 5.92 Å². The molecule has 0 bridgehead atoms. The molecule has 224 valence electrons. The molecule has 1 aromatic carbocycles. The average molecular weight is 574 g/mol. The number of rotatable bonds is 10. The highest BCUT2D eigenvalue weighted by molar-refractivity contribution is 5.93. The fourth-order valence-electron chi connectivity index (χ4n) is 5.80. The first-order chi connectivity index (χ1) is 20.3. The number of aromatic nitrogens is 4. The molecule has 2 aromatic heterocycles. The molecular formula is C31H43N9O2. The Labute approximate surface area is 247 Å². The molecule has 0 radical (unpaired) electrons. The molecule has 0 aliphatic heterocycles. The number of anilines is 3. The summed E-state index contributed by atoms with van der Waals surface area (Å²) >= 11 is 0. The number of nitrogens with two attached hydrogens (primary N) is 1. The Balaban J connectivity index is 1.25. The SMILES string of the molecule is C=CC(N)=NC1CCC(C(=O)Nc2cccc(CNc3nc(NC4CCC(O)CC4)nc4c(C(C)C)cnn34)c2)CC1. The fraction of sp³-hybridized carbons (Fsp3) is 0.516. The molecule has 0 saturated heterocycles. The maximum Gasteiger partial charge on any atom is 0.229 e. The van der Waals surface area contributed by atoms with Crippen LogP contribution in [-0.2, 0) is 11.3 Å². The number of benzene rings is 1. The van der Waals surface area contributed by atoms with Crippen LogP contribution in [0.5, 0.6) is 0 Å². The maximum absolute atomic E-state index is 13.0. The maximum atomic E-state index is 13.0. The summed E-state index contributed by atoms with van der Waals surface area (Å²) in [6, 6.07) is 8.25. The van der Waals surface area contributed by atoms with Gasteiger partial charge >= 0.3 is 0 Å². The van der Waals surface area contributed by atoms with Gasteiger partial charge in [0.2, 0.25) is 17.8 Å². The van der Waals surface area contributed by atoms with Gasteiger partial charge in [-0.05, 0) is 81.1 Å². The fourth-order valence-corrected chi connectivity index (χ4v) is 5.80. The Morgan fingerprint density at radius 1 is 1.17 bits per heavy atom. The number of nitrogens with zero attached hydrogens (tertiary/aromatic N) is 5. The van der Waals surface area contributed by atoms with Crippen LogP contribution in [-0.4, -0.2) is 54.6 Å². The molecule has 2 aliphatic rings. The van der Waals surface area contributed by atoms with Gasteiger partial charge in [0.15, 0.2) is 5.65 Å². The zero-order chi connectivity index (χ0) is 29.6. The van der Waals surface area contributed by atoms with Crippen LogP contribution in [0.1, 0.15) is 82.3 Å². The number of aliphatic hydroxyl groups excluding tert-OH is 1. The standard InChI is InChI=1S/C31H43N9O2/c1-4-27(32)35-22-10-8-21(9-11-22)29(42)36-24-7-5-6-20(16-24)17-33-31-39-30(37-23-12-14-25(41)15-13-23)38-28-26(19(2)3)18-34-40(28)31/h4-7,16,18-19,21-23,25,41H,1,8-15,17H2,2-3H3,(H2,32,35)(H,36,42)(H2,33,37,38,39). The topological polar surface area (TPSA) is 155 Å². The molecule has 6 N–H and O–H groups in total. The van der Waals surface area contributed by atoms with Gasteiger partial charge in [-0.3, -0.25) is 9.79 Å². The summed E-state index contributed by atoms with van der Waals surface area (Å²) in [6.07, 6.45) is 9.78. The molecule has 5 rings (SSSR count). The zero-order valence-corrected chi connectivity index (χ0v) is 24.6. The summed E-state index contributed by atoms with van der Waals surface area (Å²) in [7, 11) is 0. The van der Waals surface area contributed by atoms with Crippen molar-refractivity contribution in [1.82, 2.24) is 19.6 Å². The van der Waals surface area contributed by atoms with Crippen LogP contribution in [0.15, 0.2) is 48.1 Å². The van der Waals surface area contributed by atoms with Crippen molar-refractivity contribution in [3.8, 4) is 0 Å². The van der Waals surface area contributed by atoms with Gasteiger partial charge in [-0.15, -0.1) is 0 Å². The summed E-state index contributed by atoms with van der Waals surface area (Å²) in [5.74, 6) is 1.88. The Kier molecular flexibility index (Phi) is 9.36. The Morgan fingerprint density at radius 2 is 1.93 bits per heavy atom. The molecular weight excluding hydrogens is 530 g/mol. The van der Waals surface area contributed by atoms with E-state index in [4.69, 9.17) is 15.7 Å². The summed E-state index contributed by atoms with van der Waals surface area (Å²) < 4.78 is 1.75. The van der Waals surface area contributed by atoms with Gasteiger partial charge in [0.1, 0.15) is 5.84 Å². The molecule has 2 fully saturated rings. The number of hydrogen-bond acceptors (Lipinski definition) is 8. The van der Waals surface area contributed by atoms with Crippen molar-refractivity contribution in [2.24, 2.45) is 16.6 Å². The largest absolute Gasteiger partial charge is 0.393 e. The van der Waals surface area contributed by atoms with E-state index in [-0.39, 0.29) is 35.9 Å². The van der Waals surface area contributed by atoms with Crippen LogP contribution >= 0.6 is 0 Å². The quantitative estimate of drug-likeness (QED) is 0.174. The van der Waals surface area contributed by atoms with Crippen molar-refractivity contribution in [2.75, 3.05) is 16.0 Å². The lowest BCUT2D eigenvalue weighted by Gasteiger charge is -2.26. The molecule has 2 heterocycles. The van der Waals surface area contributed by atoms with E-state index in [9.17, 15) is 9.90 Å². The van der Waals surface area contributed by atoms with E-state index in [1.165, 1.54) is 0 Å². The average Bonchev–Trinajstić information content (AvgIpc) is 3.42. The van der Waals surface area contributed by atoms with Gasteiger partial charge < -0.3 is 26.8 Å².